The van der Waals surface area contributed by atoms with E-state index in [0.717, 1.165) is 15.2 Å². The number of hydrogen-bond donors (Lipinski definition) is 2. The Morgan fingerprint density at radius 1 is 0.966 bits per heavy atom. The molecule has 4 rings (SSSR count). The molecule has 0 saturated heterocycles. The quantitative estimate of drug-likeness (QED) is 0.371. The Balaban J connectivity index is 1.50. The molecule has 0 spiro atoms. The summed E-state index contributed by atoms with van der Waals surface area (Å²) in [6.45, 7) is 0.261. The Hall–Kier alpha value is -3.52. The number of esters is 1. The second kappa shape index (κ2) is 8.24. The first-order valence-electron chi connectivity index (χ1n) is 9.12. The van der Waals surface area contributed by atoms with Gasteiger partial charge in [-0.25, -0.2) is 14.8 Å². The SMILES string of the molecule is Nc1nc(N)c(-c2nc3ccccc3s2)c(CCCOC(=O)c2ccccc2)n1. The van der Waals surface area contributed by atoms with E-state index in [4.69, 9.17) is 16.2 Å². The number of rotatable bonds is 6. The summed E-state index contributed by atoms with van der Waals surface area (Å²) in [5.74, 6) is 0.0650. The van der Waals surface area contributed by atoms with Crippen LogP contribution in [0.5, 0.6) is 0 Å². The zero-order valence-corrected chi connectivity index (χ0v) is 16.4. The lowest BCUT2D eigenvalue weighted by atomic mass is 10.1. The predicted octanol–water partition coefficient (Wildman–Crippen LogP) is 3.71. The van der Waals surface area contributed by atoms with Crippen molar-refractivity contribution in [1.29, 1.82) is 0 Å². The van der Waals surface area contributed by atoms with Crippen LogP contribution in [0.25, 0.3) is 20.8 Å². The fourth-order valence-corrected chi connectivity index (χ4v) is 4.04. The summed E-state index contributed by atoms with van der Waals surface area (Å²) >= 11 is 1.53. The number of aryl methyl sites for hydroxylation is 1. The zero-order valence-electron chi connectivity index (χ0n) is 15.5. The van der Waals surface area contributed by atoms with Gasteiger partial charge in [0.15, 0.2) is 0 Å². The molecule has 4 N–H and O–H groups in total. The fraction of sp³-hybridized carbons (Fsp3) is 0.143. The van der Waals surface area contributed by atoms with Gasteiger partial charge in [0.2, 0.25) is 5.95 Å². The summed E-state index contributed by atoms with van der Waals surface area (Å²) in [6.07, 6.45) is 1.11. The molecule has 0 atom stereocenters. The maximum absolute atomic E-state index is 12.1. The molecule has 2 heterocycles. The number of para-hydroxylation sites is 1. The number of nitrogens with zero attached hydrogens (tertiary/aromatic N) is 3. The minimum atomic E-state index is -0.348. The molecule has 29 heavy (non-hydrogen) atoms. The highest BCUT2D eigenvalue weighted by Gasteiger charge is 2.17. The van der Waals surface area contributed by atoms with Crippen molar-refractivity contribution in [2.75, 3.05) is 18.1 Å². The highest BCUT2D eigenvalue weighted by Crippen LogP contribution is 2.35. The standard InChI is InChI=1S/C21H19N5O2S/c22-18-17(19-24-14-9-4-5-11-16(14)29-19)15(25-21(23)26-18)10-6-12-28-20(27)13-7-2-1-3-8-13/h1-5,7-9,11H,6,10,12H2,(H4,22,23,25,26). The lowest BCUT2D eigenvalue weighted by Gasteiger charge is -2.10. The minimum Gasteiger partial charge on any atom is -0.462 e. The number of fused-ring (bicyclic) bond motifs is 1. The monoisotopic (exact) mass is 405 g/mol. The zero-order chi connectivity index (χ0) is 20.2. The number of carbonyl (C=O) groups is 1. The number of carbonyl (C=O) groups excluding carboxylic acids is 1. The molecule has 0 saturated carbocycles. The summed E-state index contributed by atoms with van der Waals surface area (Å²) in [5.41, 5.74) is 14.8. The summed E-state index contributed by atoms with van der Waals surface area (Å²) < 4.78 is 6.40. The molecule has 0 aliphatic carbocycles. The average molecular weight is 405 g/mol. The van der Waals surface area contributed by atoms with Crippen LogP contribution >= 0.6 is 11.3 Å². The number of nitrogens with two attached hydrogens (primary N) is 2. The van der Waals surface area contributed by atoms with Crippen LogP contribution < -0.4 is 11.5 Å². The van der Waals surface area contributed by atoms with E-state index in [1.54, 1.807) is 24.3 Å². The van der Waals surface area contributed by atoms with E-state index in [0.29, 0.717) is 35.5 Å². The van der Waals surface area contributed by atoms with E-state index in [1.807, 2.05) is 30.3 Å². The highest BCUT2D eigenvalue weighted by atomic mass is 32.1. The average Bonchev–Trinajstić information content (AvgIpc) is 3.14. The molecule has 0 aliphatic heterocycles. The van der Waals surface area contributed by atoms with Gasteiger partial charge in [-0.1, -0.05) is 30.3 Å². The van der Waals surface area contributed by atoms with Crippen molar-refractivity contribution in [3.05, 3.63) is 65.9 Å². The number of nitrogen functional groups attached to an aromatic ring is 2. The van der Waals surface area contributed by atoms with E-state index < -0.39 is 0 Å². The van der Waals surface area contributed by atoms with Crippen LogP contribution in [0.1, 0.15) is 22.5 Å². The third-order valence-corrected chi connectivity index (χ3v) is 5.39. The van der Waals surface area contributed by atoms with E-state index >= 15 is 0 Å². The molecule has 7 nitrogen and oxygen atoms in total. The first-order valence-corrected chi connectivity index (χ1v) is 9.93. The first kappa shape index (κ1) is 18.8. The van der Waals surface area contributed by atoms with Gasteiger partial charge in [0.05, 0.1) is 33.6 Å². The van der Waals surface area contributed by atoms with Gasteiger partial charge in [-0.05, 0) is 37.1 Å². The predicted molar refractivity (Wildman–Crippen MR) is 115 cm³/mol. The third-order valence-electron chi connectivity index (χ3n) is 4.34. The fourth-order valence-electron chi connectivity index (χ4n) is 3.00. The lowest BCUT2D eigenvalue weighted by molar-refractivity contribution is 0.0500. The number of benzene rings is 2. The molecule has 0 aliphatic rings. The van der Waals surface area contributed by atoms with Crippen molar-refractivity contribution >= 4 is 39.3 Å². The summed E-state index contributed by atoms with van der Waals surface area (Å²) in [7, 11) is 0. The maximum Gasteiger partial charge on any atom is 0.338 e. The molecule has 8 heteroatoms. The number of thiazole rings is 1. The van der Waals surface area contributed by atoms with Gasteiger partial charge < -0.3 is 16.2 Å². The second-order valence-corrected chi connectivity index (χ2v) is 7.41. The molecule has 0 bridgehead atoms. The molecule has 146 valence electrons. The van der Waals surface area contributed by atoms with Crippen molar-refractivity contribution in [3.63, 3.8) is 0 Å². The first-order chi connectivity index (χ1) is 14.1. The van der Waals surface area contributed by atoms with Crippen LogP contribution in [-0.2, 0) is 11.2 Å². The second-order valence-electron chi connectivity index (χ2n) is 6.38. The van der Waals surface area contributed by atoms with Crippen LogP contribution in [-0.4, -0.2) is 27.5 Å². The van der Waals surface area contributed by atoms with Gasteiger partial charge in [-0.15, -0.1) is 11.3 Å². The van der Waals surface area contributed by atoms with E-state index in [9.17, 15) is 4.79 Å². The number of anilines is 2. The summed E-state index contributed by atoms with van der Waals surface area (Å²) in [5, 5.41) is 0.750. The van der Waals surface area contributed by atoms with Gasteiger partial charge in [0, 0.05) is 0 Å². The Labute approximate surface area is 171 Å². The highest BCUT2D eigenvalue weighted by molar-refractivity contribution is 7.21. The Morgan fingerprint density at radius 2 is 1.72 bits per heavy atom. The summed E-state index contributed by atoms with van der Waals surface area (Å²) in [4.78, 5) is 25.2. The van der Waals surface area contributed by atoms with Crippen LogP contribution in [0.2, 0.25) is 0 Å². The molecule has 0 unspecified atom stereocenters. The van der Waals surface area contributed by atoms with E-state index in [2.05, 4.69) is 15.0 Å². The maximum atomic E-state index is 12.1. The van der Waals surface area contributed by atoms with E-state index in [-0.39, 0.29) is 18.5 Å². The molecular weight excluding hydrogens is 386 g/mol. The third kappa shape index (κ3) is 4.17. The van der Waals surface area contributed by atoms with Gasteiger partial charge >= 0.3 is 5.97 Å². The van der Waals surface area contributed by atoms with Crippen molar-refractivity contribution < 1.29 is 9.53 Å². The molecule has 4 aromatic rings. The van der Waals surface area contributed by atoms with Crippen LogP contribution in [0, 0.1) is 0 Å². The molecule has 2 aromatic carbocycles. The lowest BCUT2D eigenvalue weighted by Crippen LogP contribution is -2.10. The van der Waals surface area contributed by atoms with Gasteiger partial charge in [-0.3, -0.25) is 0 Å². The van der Waals surface area contributed by atoms with Crippen molar-refractivity contribution in [1.82, 2.24) is 15.0 Å². The van der Waals surface area contributed by atoms with Gasteiger partial charge in [0.25, 0.3) is 0 Å². The molecular formula is C21H19N5O2S. The largest absolute Gasteiger partial charge is 0.462 e. The topological polar surface area (TPSA) is 117 Å². The smallest absolute Gasteiger partial charge is 0.338 e. The summed E-state index contributed by atoms with van der Waals surface area (Å²) in [6, 6.07) is 16.8. The Bertz CT molecular complexity index is 1130. The molecule has 0 radical (unpaired) electrons. The van der Waals surface area contributed by atoms with Crippen LogP contribution in [0.15, 0.2) is 54.6 Å². The van der Waals surface area contributed by atoms with Crippen LogP contribution in [0.4, 0.5) is 11.8 Å². The van der Waals surface area contributed by atoms with Crippen LogP contribution in [0.3, 0.4) is 0 Å². The van der Waals surface area contributed by atoms with Crippen molar-refractivity contribution in [2.24, 2.45) is 0 Å². The van der Waals surface area contributed by atoms with Gasteiger partial charge in [0.1, 0.15) is 10.8 Å². The molecule has 2 aromatic heterocycles. The minimum absolute atomic E-state index is 0.114. The molecule has 0 fully saturated rings. The van der Waals surface area contributed by atoms with E-state index in [1.165, 1.54) is 11.3 Å². The number of hydrogen-bond acceptors (Lipinski definition) is 8. The van der Waals surface area contributed by atoms with Crippen molar-refractivity contribution in [2.45, 2.75) is 12.8 Å². The number of ether oxygens (including phenoxy) is 1. The van der Waals surface area contributed by atoms with Gasteiger partial charge in [-0.2, -0.15) is 4.98 Å². The normalized spacial score (nSPS) is 10.9. The Kier molecular flexibility index (Phi) is 5.35. The number of aromatic nitrogens is 3. The Morgan fingerprint density at radius 3 is 2.52 bits per heavy atom. The van der Waals surface area contributed by atoms with Crippen molar-refractivity contribution in [3.8, 4) is 10.6 Å². The molecule has 0 amide bonds.